The highest BCUT2D eigenvalue weighted by atomic mass is 16.5. The molecule has 16 heavy (non-hydrogen) atoms. The van der Waals surface area contributed by atoms with Crippen molar-refractivity contribution in [3.05, 3.63) is 6.07 Å². The van der Waals surface area contributed by atoms with Gasteiger partial charge in [-0.05, 0) is 13.3 Å². The van der Waals surface area contributed by atoms with E-state index in [9.17, 15) is 0 Å². The summed E-state index contributed by atoms with van der Waals surface area (Å²) in [6.45, 7) is 4.24. The van der Waals surface area contributed by atoms with Crippen LogP contribution >= 0.6 is 0 Å². The Morgan fingerprint density at radius 1 is 1.25 bits per heavy atom. The molecule has 0 spiro atoms. The van der Waals surface area contributed by atoms with Crippen LogP contribution in [-0.2, 0) is 0 Å². The Bertz CT molecular complexity index is 309. The number of anilines is 1. The van der Waals surface area contributed by atoms with E-state index in [1.165, 1.54) is 0 Å². The van der Waals surface area contributed by atoms with Crippen molar-refractivity contribution >= 4 is 5.95 Å². The first-order valence-electron chi connectivity index (χ1n) is 5.43. The maximum absolute atomic E-state index is 5.07. The Hall–Kier alpha value is -1.52. The maximum atomic E-state index is 5.07. The first-order valence-corrected chi connectivity index (χ1v) is 5.43. The van der Waals surface area contributed by atoms with Crippen LogP contribution in [0.1, 0.15) is 26.7 Å². The lowest BCUT2D eigenvalue weighted by molar-refractivity contribution is 0.372. The average molecular weight is 225 g/mol. The molecule has 0 aliphatic rings. The quantitative estimate of drug-likeness (QED) is 0.803. The van der Waals surface area contributed by atoms with Crippen molar-refractivity contribution in [2.45, 2.75) is 32.7 Å². The second-order valence-electron chi connectivity index (χ2n) is 3.61. The van der Waals surface area contributed by atoms with Gasteiger partial charge in [0.2, 0.25) is 17.7 Å². The van der Waals surface area contributed by atoms with Gasteiger partial charge < -0.3 is 14.8 Å². The third kappa shape index (κ3) is 3.56. The van der Waals surface area contributed by atoms with Crippen molar-refractivity contribution in [2.24, 2.45) is 0 Å². The van der Waals surface area contributed by atoms with Crippen LogP contribution in [0.4, 0.5) is 5.95 Å². The highest BCUT2D eigenvalue weighted by Gasteiger charge is 2.07. The Morgan fingerprint density at radius 2 is 1.81 bits per heavy atom. The van der Waals surface area contributed by atoms with Crippen LogP contribution in [0.15, 0.2) is 6.07 Å². The lowest BCUT2D eigenvalue weighted by Crippen LogP contribution is -2.17. The molecule has 1 rings (SSSR count). The number of hydrogen-bond acceptors (Lipinski definition) is 5. The van der Waals surface area contributed by atoms with Crippen LogP contribution in [0, 0.1) is 0 Å². The van der Waals surface area contributed by atoms with E-state index in [0.717, 1.165) is 12.8 Å². The van der Waals surface area contributed by atoms with Crippen LogP contribution in [0.5, 0.6) is 11.8 Å². The molecule has 1 unspecified atom stereocenters. The van der Waals surface area contributed by atoms with Crippen LogP contribution in [-0.4, -0.2) is 30.2 Å². The number of methoxy groups -OCH3 is 2. The Kier molecular flexibility index (Phi) is 4.82. The van der Waals surface area contributed by atoms with E-state index in [1.807, 2.05) is 0 Å². The van der Waals surface area contributed by atoms with E-state index in [-0.39, 0.29) is 0 Å². The van der Waals surface area contributed by atoms with E-state index >= 15 is 0 Å². The molecule has 0 aliphatic carbocycles. The summed E-state index contributed by atoms with van der Waals surface area (Å²) >= 11 is 0. The van der Waals surface area contributed by atoms with Crippen molar-refractivity contribution in [3.63, 3.8) is 0 Å². The van der Waals surface area contributed by atoms with Gasteiger partial charge in [-0.1, -0.05) is 13.3 Å². The minimum absolute atomic E-state index is 0.335. The van der Waals surface area contributed by atoms with Crippen molar-refractivity contribution in [3.8, 4) is 11.8 Å². The van der Waals surface area contributed by atoms with E-state index in [2.05, 4.69) is 29.1 Å². The van der Waals surface area contributed by atoms with Gasteiger partial charge in [0.1, 0.15) is 0 Å². The molecular weight excluding hydrogens is 206 g/mol. The van der Waals surface area contributed by atoms with Gasteiger partial charge in [-0.3, -0.25) is 0 Å². The van der Waals surface area contributed by atoms with Gasteiger partial charge >= 0.3 is 0 Å². The second kappa shape index (κ2) is 6.15. The molecule has 0 saturated carbocycles. The fourth-order valence-electron chi connectivity index (χ4n) is 1.40. The molecule has 1 aromatic rings. The summed E-state index contributed by atoms with van der Waals surface area (Å²) in [5.74, 6) is 1.54. The highest BCUT2D eigenvalue weighted by Crippen LogP contribution is 2.18. The van der Waals surface area contributed by atoms with Gasteiger partial charge in [-0.15, -0.1) is 0 Å². The van der Waals surface area contributed by atoms with Gasteiger partial charge in [0.15, 0.2) is 0 Å². The highest BCUT2D eigenvalue weighted by molar-refractivity contribution is 5.34. The standard InChI is InChI=1S/C11H19N3O2/c1-5-6-8(2)12-11-13-9(15-3)7-10(14-11)16-4/h7-8H,5-6H2,1-4H3,(H,12,13,14). The second-order valence-corrected chi connectivity index (χ2v) is 3.61. The fraction of sp³-hybridized carbons (Fsp3) is 0.636. The number of rotatable bonds is 6. The molecule has 1 atom stereocenters. The van der Waals surface area contributed by atoms with Gasteiger partial charge in [0, 0.05) is 6.04 Å². The summed E-state index contributed by atoms with van der Waals surface area (Å²) in [4.78, 5) is 8.40. The smallest absolute Gasteiger partial charge is 0.229 e. The molecule has 5 heteroatoms. The van der Waals surface area contributed by atoms with Gasteiger partial charge in [-0.25, -0.2) is 0 Å². The molecule has 0 fully saturated rings. The van der Waals surface area contributed by atoms with Crippen molar-refractivity contribution < 1.29 is 9.47 Å². The molecule has 5 nitrogen and oxygen atoms in total. The lowest BCUT2D eigenvalue weighted by atomic mass is 10.2. The maximum Gasteiger partial charge on any atom is 0.229 e. The molecule has 0 aliphatic heterocycles. The van der Waals surface area contributed by atoms with Crippen molar-refractivity contribution in [1.82, 2.24) is 9.97 Å². The largest absolute Gasteiger partial charge is 0.481 e. The molecule has 0 radical (unpaired) electrons. The lowest BCUT2D eigenvalue weighted by Gasteiger charge is -2.13. The topological polar surface area (TPSA) is 56.3 Å². The van der Waals surface area contributed by atoms with Gasteiger partial charge in [-0.2, -0.15) is 9.97 Å². The Labute approximate surface area is 96.2 Å². The van der Waals surface area contributed by atoms with Gasteiger partial charge in [0.25, 0.3) is 0 Å². The third-order valence-electron chi connectivity index (χ3n) is 2.19. The number of ether oxygens (including phenoxy) is 2. The normalized spacial score (nSPS) is 12.0. The van der Waals surface area contributed by atoms with E-state index < -0.39 is 0 Å². The molecule has 0 bridgehead atoms. The number of nitrogens with one attached hydrogen (secondary N) is 1. The molecular formula is C11H19N3O2. The Balaban J connectivity index is 2.78. The number of aromatic nitrogens is 2. The van der Waals surface area contributed by atoms with Crippen molar-refractivity contribution in [2.75, 3.05) is 19.5 Å². The zero-order valence-corrected chi connectivity index (χ0v) is 10.3. The number of nitrogens with zero attached hydrogens (tertiary/aromatic N) is 2. The molecule has 0 amide bonds. The predicted octanol–water partition coefficient (Wildman–Crippen LogP) is 2.09. The number of hydrogen-bond donors (Lipinski definition) is 1. The van der Waals surface area contributed by atoms with E-state index in [1.54, 1.807) is 20.3 Å². The van der Waals surface area contributed by atoms with Crippen molar-refractivity contribution in [1.29, 1.82) is 0 Å². The van der Waals surface area contributed by atoms with E-state index in [0.29, 0.717) is 23.8 Å². The zero-order valence-electron chi connectivity index (χ0n) is 10.3. The third-order valence-corrected chi connectivity index (χ3v) is 2.19. The average Bonchev–Trinajstić information content (AvgIpc) is 2.28. The summed E-state index contributed by atoms with van der Waals surface area (Å²) in [7, 11) is 3.14. The molecule has 0 saturated heterocycles. The molecule has 0 aromatic carbocycles. The van der Waals surface area contributed by atoms with Crippen LogP contribution in [0.2, 0.25) is 0 Å². The summed E-state index contributed by atoms with van der Waals surface area (Å²) in [5, 5.41) is 3.21. The van der Waals surface area contributed by atoms with E-state index in [4.69, 9.17) is 9.47 Å². The Morgan fingerprint density at radius 3 is 2.25 bits per heavy atom. The SMILES string of the molecule is CCCC(C)Nc1nc(OC)cc(OC)n1. The summed E-state index contributed by atoms with van der Waals surface area (Å²) < 4.78 is 10.1. The molecule has 1 aromatic heterocycles. The monoisotopic (exact) mass is 225 g/mol. The van der Waals surface area contributed by atoms with Crippen LogP contribution in [0.25, 0.3) is 0 Å². The molecule has 1 N–H and O–H groups in total. The van der Waals surface area contributed by atoms with Crippen LogP contribution < -0.4 is 14.8 Å². The van der Waals surface area contributed by atoms with Gasteiger partial charge in [0.05, 0.1) is 20.3 Å². The zero-order chi connectivity index (χ0) is 12.0. The molecule has 90 valence electrons. The summed E-state index contributed by atoms with van der Waals surface area (Å²) in [6.07, 6.45) is 2.19. The summed E-state index contributed by atoms with van der Waals surface area (Å²) in [6, 6.07) is 1.98. The minimum atomic E-state index is 0.335. The first-order chi connectivity index (χ1) is 7.69. The minimum Gasteiger partial charge on any atom is -0.481 e. The van der Waals surface area contributed by atoms with Crippen LogP contribution in [0.3, 0.4) is 0 Å². The molecule has 1 heterocycles. The first kappa shape index (κ1) is 12.5. The fourth-order valence-corrected chi connectivity index (χ4v) is 1.40. The predicted molar refractivity (Wildman–Crippen MR) is 63.1 cm³/mol. The summed E-state index contributed by atoms with van der Waals surface area (Å²) in [5.41, 5.74) is 0.